The second-order valence-electron chi connectivity index (χ2n) is 15.1. The number of carboxylic acid groups (broad SMARTS) is 2. The summed E-state index contributed by atoms with van der Waals surface area (Å²) in [6.07, 6.45) is 4.98. The lowest BCUT2D eigenvalue weighted by atomic mass is 9.82. The molecule has 4 aromatic rings. The highest BCUT2D eigenvalue weighted by molar-refractivity contribution is 7.89. The van der Waals surface area contributed by atoms with Crippen molar-refractivity contribution < 1.29 is 45.4 Å². The van der Waals surface area contributed by atoms with Gasteiger partial charge in [-0.3, -0.25) is 9.59 Å². The smallest absolute Gasteiger partial charge is 0.306 e. The highest BCUT2D eigenvalue weighted by atomic mass is 32.2. The van der Waals surface area contributed by atoms with E-state index < -0.39 is 32.0 Å². The fourth-order valence-electron chi connectivity index (χ4n) is 7.44. The Kier molecular flexibility index (Phi) is 15.1. The molecular weight excluding hydrogens is 775 g/mol. The Hall–Kier alpha value is -4.50. The van der Waals surface area contributed by atoms with Gasteiger partial charge in [-0.05, 0) is 130 Å². The zero-order valence-electron chi connectivity index (χ0n) is 31.9. The van der Waals surface area contributed by atoms with Crippen molar-refractivity contribution in [2.24, 2.45) is 23.7 Å². The van der Waals surface area contributed by atoms with E-state index in [0.29, 0.717) is 75.6 Å². The molecule has 2 aliphatic carbocycles. The second kappa shape index (κ2) is 19.8. The summed E-state index contributed by atoms with van der Waals surface area (Å²) in [6, 6.07) is 26.6. The van der Waals surface area contributed by atoms with Crippen molar-refractivity contribution in [2.75, 3.05) is 13.1 Å². The third kappa shape index (κ3) is 12.2. The standard InChI is InChI=1S/C22H26FNO4S.C21H24FNO4S/c1-16-2-12-21(13-3-16)29(27,28)24(15-18-6-10-20(23)11-7-18)14-17-4-8-19(9-5-17)22(25)26;22-19-12-8-17(9-13-19)15-23(28(26,27)20-4-2-1-3-5-20)14-16-6-10-18(11-7-16)21(24)25/h2-3,6-7,10-13,17,19H,4-5,8-9,14-15H2,1H3,(H,25,26);1-5,8-9,12-13,16,18H,6-7,10-11,14-15H2,(H,24,25). The molecule has 0 aromatic heterocycles. The summed E-state index contributed by atoms with van der Waals surface area (Å²) in [5, 5.41) is 18.4. The van der Waals surface area contributed by atoms with E-state index in [2.05, 4.69) is 0 Å². The Morgan fingerprint density at radius 1 is 0.544 bits per heavy atom. The molecular formula is C43H50F2N2O8S2. The lowest BCUT2D eigenvalue weighted by Crippen LogP contribution is -2.36. The molecule has 2 saturated carbocycles. The van der Waals surface area contributed by atoms with E-state index in [4.69, 9.17) is 5.11 Å². The van der Waals surface area contributed by atoms with Crippen LogP contribution in [0.5, 0.6) is 0 Å². The minimum Gasteiger partial charge on any atom is -0.481 e. The molecule has 0 saturated heterocycles. The molecule has 0 aliphatic heterocycles. The Morgan fingerprint density at radius 3 is 1.25 bits per heavy atom. The molecule has 2 fully saturated rings. The van der Waals surface area contributed by atoms with E-state index in [-0.39, 0.29) is 58.2 Å². The second-order valence-corrected chi connectivity index (χ2v) is 19.0. The SMILES string of the molecule is Cc1ccc(S(=O)(=O)N(Cc2ccc(F)cc2)CC2CCC(C(=O)O)CC2)cc1.O=C(O)C1CCC(CN(Cc2ccc(F)cc2)S(=O)(=O)c2ccccc2)CC1. The monoisotopic (exact) mass is 824 g/mol. The van der Waals surface area contributed by atoms with Gasteiger partial charge in [0.25, 0.3) is 0 Å². The summed E-state index contributed by atoms with van der Waals surface area (Å²) in [6.45, 7) is 2.83. The van der Waals surface area contributed by atoms with Crippen LogP contribution in [-0.4, -0.2) is 60.7 Å². The van der Waals surface area contributed by atoms with Gasteiger partial charge in [0.05, 0.1) is 21.6 Å². The van der Waals surface area contributed by atoms with E-state index in [1.807, 2.05) is 6.92 Å². The number of halogens is 2. The number of hydrogen-bond donors (Lipinski definition) is 2. The van der Waals surface area contributed by atoms with Gasteiger partial charge in [0.1, 0.15) is 11.6 Å². The van der Waals surface area contributed by atoms with Crippen LogP contribution in [0, 0.1) is 42.2 Å². The normalized spacial score (nSPS) is 20.1. The van der Waals surface area contributed by atoms with E-state index in [1.54, 1.807) is 78.9 Å². The maximum Gasteiger partial charge on any atom is 0.306 e. The number of aliphatic carboxylic acids is 2. The van der Waals surface area contributed by atoms with Gasteiger partial charge in [-0.2, -0.15) is 8.61 Å². The zero-order chi connectivity index (χ0) is 41.2. The summed E-state index contributed by atoms with van der Waals surface area (Å²) in [5.41, 5.74) is 2.39. The van der Waals surface area contributed by atoms with Crippen molar-refractivity contribution in [2.45, 2.75) is 81.2 Å². The molecule has 0 spiro atoms. The third-order valence-electron chi connectivity index (χ3n) is 10.9. The predicted octanol–water partition coefficient (Wildman–Crippen LogP) is 8.12. The van der Waals surface area contributed by atoms with Crippen LogP contribution in [0.15, 0.2) is 113 Å². The summed E-state index contributed by atoms with van der Waals surface area (Å²) in [4.78, 5) is 22.8. The average molecular weight is 825 g/mol. The van der Waals surface area contributed by atoms with Crippen molar-refractivity contribution in [3.8, 4) is 0 Å². The van der Waals surface area contributed by atoms with Crippen molar-refractivity contribution in [3.63, 3.8) is 0 Å². The van der Waals surface area contributed by atoms with Crippen molar-refractivity contribution in [1.82, 2.24) is 8.61 Å². The summed E-state index contributed by atoms with van der Waals surface area (Å²) in [5.74, 6) is -2.77. The molecule has 306 valence electrons. The molecule has 4 aromatic carbocycles. The zero-order valence-corrected chi connectivity index (χ0v) is 33.6. The first kappa shape index (κ1) is 43.6. The molecule has 0 unspecified atom stereocenters. The molecule has 57 heavy (non-hydrogen) atoms. The fraction of sp³-hybridized carbons (Fsp3) is 0.395. The van der Waals surface area contributed by atoms with E-state index in [9.17, 15) is 40.3 Å². The summed E-state index contributed by atoms with van der Waals surface area (Å²) >= 11 is 0. The molecule has 0 heterocycles. The Labute approximate surface area is 334 Å². The molecule has 0 atom stereocenters. The van der Waals surface area contributed by atoms with Gasteiger partial charge in [0.15, 0.2) is 0 Å². The average Bonchev–Trinajstić information content (AvgIpc) is 3.20. The number of nitrogens with zero attached hydrogens (tertiary/aromatic N) is 2. The van der Waals surface area contributed by atoms with E-state index >= 15 is 0 Å². The van der Waals surface area contributed by atoms with Gasteiger partial charge < -0.3 is 10.2 Å². The molecule has 0 bridgehead atoms. The number of hydrogen-bond acceptors (Lipinski definition) is 6. The van der Waals surface area contributed by atoms with Gasteiger partial charge in [-0.25, -0.2) is 25.6 Å². The minimum absolute atomic E-state index is 0.103. The molecule has 0 amide bonds. The van der Waals surface area contributed by atoms with Crippen molar-refractivity contribution in [1.29, 1.82) is 0 Å². The molecule has 6 rings (SSSR count). The minimum atomic E-state index is -3.73. The van der Waals surface area contributed by atoms with Crippen LogP contribution in [0.2, 0.25) is 0 Å². The fourth-order valence-corrected chi connectivity index (χ4v) is 10.5. The Balaban J connectivity index is 0.000000218. The molecule has 2 N–H and O–H groups in total. The largest absolute Gasteiger partial charge is 0.481 e. The molecule has 0 radical (unpaired) electrons. The van der Waals surface area contributed by atoms with Crippen LogP contribution in [0.4, 0.5) is 8.78 Å². The van der Waals surface area contributed by atoms with Crippen molar-refractivity contribution in [3.05, 3.63) is 131 Å². The summed E-state index contributed by atoms with van der Waals surface area (Å²) < 4.78 is 82.4. The topological polar surface area (TPSA) is 149 Å². The van der Waals surface area contributed by atoms with Crippen LogP contribution >= 0.6 is 0 Å². The highest BCUT2D eigenvalue weighted by Crippen LogP contribution is 2.33. The summed E-state index contributed by atoms with van der Waals surface area (Å²) in [7, 11) is -7.45. The first-order valence-electron chi connectivity index (χ1n) is 19.2. The molecule has 10 nitrogen and oxygen atoms in total. The van der Waals surface area contributed by atoms with Crippen LogP contribution < -0.4 is 0 Å². The number of carbonyl (C=O) groups is 2. The van der Waals surface area contributed by atoms with Crippen LogP contribution in [0.25, 0.3) is 0 Å². The Bertz CT molecular complexity index is 2140. The molecule has 14 heteroatoms. The van der Waals surface area contributed by atoms with E-state index in [0.717, 1.165) is 5.56 Å². The quantitative estimate of drug-likeness (QED) is 0.130. The highest BCUT2D eigenvalue weighted by Gasteiger charge is 2.33. The maximum absolute atomic E-state index is 13.3. The van der Waals surface area contributed by atoms with Gasteiger partial charge in [-0.1, -0.05) is 60.2 Å². The van der Waals surface area contributed by atoms with E-state index in [1.165, 1.54) is 32.9 Å². The maximum atomic E-state index is 13.3. The Morgan fingerprint density at radius 2 is 0.895 bits per heavy atom. The number of sulfonamides is 2. The first-order chi connectivity index (χ1) is 27.1. The van der Waals surface area contributed by atoms with Gasteiger partial charge in [-0.15, -0.1) is 0 Å². The van der Waals surface area contributed by atoms with Gasteiger partial charge >= 0.3 is 11.9 Å². The van der Waals surface area contributed by atoms with Gasteiger partial charge in [0, 0.05) is 26.2 Å². The number of benzene rings is 4. The van der Waals surface area contributed by atoms with Crippen LogP contribution in [-0.2, 0) is 42.7 Å². The number of aryl methyl sites for hydroxylation is 1. The number of carboxylic acids is 2. The predicted molar refractivity (Wildman–Crippen MR) is 212 cm³/mol. The van der Waals surface area contributed by atoms with Crippen molar-refractivity contribution >= 4 is 32.0 Å². The first-order valence-corrected chi connectivity index (χ1v) is 22.1. The van der Waals surface area contributed by atoms with Gasteiger partial charge in [0.2, 0.25) is 20.0 Å². The van der Waals surface area contributed by atoms with Crippen LogP contribution in [0.1, 0.15) is 68.1 Å². The van der Waals surface area contributed by atoms with Crippen LogP contribution in [0.3, 0.4) is 0 Å². The third-order valence-corrected chi connectivity index (χ3v) is 14.6. The lowest BCUT2D eigenvalue weighted by Gasteiger charge is -2.31. The molecule has 2 aliphatic rings. The number of rotatable bonds is 14. The lowest BCUT2D eigenvalue weighted by molar-refractivity contribution is -0.144.